The monoisotopic (exact) mass is 271 g/mol. The van der Waals surface area contributed by atoms with Crippen LogP contribution in [0.5, 0.6) is 0 Å². The Morgan fingerprint density at radius 3 is 1.95 bits per heavy atom. The van der Waals surface area contributed by atoms with Crippen LogP contribution in [0.3, 0.4) is 0 Å². The van der Waals surface area contributed by atoms with E-state index in [1.54, 1.807) is 0 Å². The Morgan fingerprint density at radius 2 is 1.40 bits per heavy atom. The van der Waals surface area contributed by atoms with E-state index in [0.29, 0.717) is 5.92 Å². The molecule has 0 saturated heterocycles. The lowest BCUT2D eigenvalue weighted by molar-refractivity contribution is 0.571. The van der Waals surface area contributed by atoms with E-state index in [1.807, 2.05) is 12.1 Å². The summed E-state index contributed by atoms with van der Waals surface area (Å²) in [7, 11) is 0. The molecule has 0 radical (unpaired) electrons. The lowest BCUT2D eigenvalue weighted by atomic mass is 10.0. The van der Waals surface area contributed by atoms with E-state index in [0.717, 1.165) is 12.1 Å². The number of hydrogen-bond donors (Lipinski definition) is 1. The average molecular weight is 271 g/mol. The van der Waals surface area contributed by atoms with Crippen molar-refractivity contribution in [2.24, 2.45) is 0 Å². The zero-order chi connectivity index (χ0) is 14.5. The molecule has 0 amide bonds. The average Bonchev–Trinajstić information content (AvgIpc) is 2.46. The maximum Gasteiger partial charge on any atom is 0.123 e. The molecule has 2 aromatic rings. The van der Waals surface area contributed by atoms with E-state index < -0.39 is 0 Å². The van der Waals surface area contributed by atoms with Crippen molar-refractivity contribution in [3.63, 3.8) is 0 Å². The van der Waals surface area contributed by atoms with Crippen LogP contribution in [0.2, 0.25) is 0 Å². The van der Waals surface area contributed by atoms with E-state index >= 15 is 0 Å². The molecule has 1 atom stereocenters. The highest BCUT2D eigenvalue weighted by Crippen LogP contribution is 2.16. The summed E-state index contributed by atoms with van der Waals surface area (Å²) in [5, 5.41) is 3.46. The number of halogens is 1. The van der Waals surface area contributed by atoms with Crippen molar-refractivity contribution in [3.8, 4) is 0 Å². The predicted molar refractivity (Wildman–Crippen MR) is 82.2 cm³/mol. The van der Waals surface area contributed by atoms with Gasteiger partial charge in [-0.15, -0.1) is 0 Å². The summed E-state index contributed by atoms with van der Waals surface area (Å²) in [4.78, 5) is 0. The first-order valence-corrected chi connectivity index (χ1v) is 7.14. The van der Waals surface area contributed by atoms with Crippen LogP contribution >= 0.6 is 0 Å². The fourth-order valence-electron chi connectivity index (χ4n) is 2.16. The van der Waals surface area contributed by atoms with Crippen molar-refractivity contribution in [1.82, 2.24) is 5.32 Å². The third kappa shape index (κ3) is 3.91. The van der Waals surface area contributed by atoms with Crippen LogP contribution in [-0.4, -0.2) is 0 Å². The first-order valence-electron chi connectivity index (χ1n) is 7.14. The number of hydrogen-bond acceptors (Lipinski definition) is 1. The predicted octanol–water partition coefficient (Wildman–Crippen LogP) is 4.80. The Hall–Kier alpha value is -1.67. The van der Waals surface area contributed by atoms with Gasteiger partial charge in [0.25, 0.3) is 0 Å². The van der Waals surface area contributed by atoms with Crippen molar-refractivity contribution < 1.29 is 4.39 Å². The molecule has 0 bridgehead atoms. The Labute approximate surface area is 120 Å². The van der Waals surface area contributed by atoms with Gasteiger partial charge in [-0.05, 0) is 41.7 Å². The fourth-order valence-corrected chi connectivity index (χ4v) is 2.16. The summed E-state index contributed by atoms with van der Waals surface area (Å²) in [6.45, 7) is 7.31. The van der Waals surface area contributed by atoms with Gasteiger partial charge in [-0.2, -0.15) is 0 Å². The lowest BCUT2D eigenvalue weighted by Crippen LogP contribution is -2.18. The molecule has 0 unspecified atom stereocenters. The second-order valence-corrected chi connectivity index (χ2v) is 5.55. The Morgan fingerprint density at radius 1 is 0.850 bits per heavy atom. The van der Waals surface area contributed by atoms with E-state index in [1.165, 1.54) is 23.3 Å². The molecular formula is C18H22FN. The van der Waals surface area contributed by atoms with Gasteiger partial charge < -0.3 is 5.32 Å². The topological polar surface area (TPSA) is 12.0 Å². The van der Waals surface area contributed by atoms with Crippen LogP contribution in [0.4, 0.5) is 4.39 Å². The first kappa shape index (κ1) is 14.7. The largest absolute Gasteiger partial charge is 0.306 e. The second-order valence-electron chi connectivity index (χ2n) is 5.55. The molecular weight excluding hydrogens is 249 g/mol. The van der Waals surface area contributed by atoms with Gasteiger partial charge in [-0.3, -0.25) is 0 Å². The van der Waals surface area contributed by atoms with E-state index in [9.17, 15) is 4.39 Å². The van der Waals surface area contributed by atoms with Crippen molar-refractivity contribution in [2.45, 2.75) is 39.3 Å². The molecule has 0 saturated carbocycles. The van der Waals surface area contributed by atoms with Crippen LogP contribution in [-0.2, 0) is 6.54 Å². The first-order chi connectivity index (χ1) is 9.56. The second kappa shape index (κ2) is 6.67. The molecule has 0 heterocycles. The van der Waals surface area contributed by atoms with Crippen molar-refractivity contribution >= 4 is 0 Å². The molecule has 0 aliphatic rings. The lowest BCUT2D eigenvalue weighted by Gasteiger charge is -2.15. The molecule has 20 heavy (non-hydrogen) atoms. The van der Waals surface area contributed by atoms with Crippen molar-refractivity contribution in [1.29, 1.82) is 0 Å². The molecule has 0 aliphatic heterocycles. The smallest absolute Gasteiger partial charge is 0.123 e. The molecule has 2 heteroatoms. The van der Waals surface area contributed by atoms with Gasteiger partial charge in [0.2, 0.25) is 0 Å². The van der Waals surface area contributed by atoms with Gasteiger partial charge in [0.15, 0.2) is 0 Å². The number of rotatable bonds is 5. The number of nitrogens with one attached hydrogen (secondary N) is 1. The van der Waals surface area contributed by atoms with E-state index in [4.69, 9.17) is 0 Å². The Balaban J connectivity index is 1.92. The molecule has 0 aliphatic carbocycles. The third-order valence-corrected chi connectivity index (χ3v) is 3.63. The Bertz CT molecular complexity index is 528. The summed E-state index contributed by atoms with van der Waals surface area (Å²) in [5.41, 5.74) is 3.73. The maximum atomic E-state index is 12.9. The summed E-state index contributed by atoms with van der Waals surface area (Å²) in [5.74, 6) is 0.375. The van der Waals surface area contributed by atoms with Crippen molar-refractivity contribution in [2.75, 3.05) is 0 Å². The summed E-state index contributed by atoms with van der Waals surface area (Å²) >= 11 is 0. The highest BCUT2D eigenvalue weighted by atomic mass is 19.1. The zero-order valence-corrected chi connectivity index (χ0v) is 12.4. The summed E-state index contributed by atoms with van der Waals surface area (Å²) < 4.78 is 12.9. The highest BCUT2D eigenvalue weighted by Gasteiger charge is 2.05. The van der Waals surface area contributed by atoms with E-state index in [-0.39, 0.29) is 11.9 Å². The minimum absolute atomic E-state index is 0.190. The minimum atomic E-state index is -0.190. The van der Waals surface area contributed by atoms with Crippen LogP contribution < -0.4 is 5.32 Å². The van der Waals surface area contributed by atoms with Gasteiger partial charge >= 0.3 is 0 Å². The normalized spacial score (nSPS) is 12.7. The van der Waals surface area contributed by atoms with Gasteiger partial charge in [0.05, 0.1) is 0 Å². The zero-order valence-electron chi connectivity index (χ0n) is 12.4. The highest BCUT2D eigenvalue weighted by molar-refractivity contribution is 5.25. The summed E-state index contributed by atoms with van der Waals surface area (Å²) in [6, 6.07) is 15.6. The standard InChI is InChI=1S/C18H22FN/c1-13(2)16-6-4-15(5-7-16)12-20-14(3)17-8-10-18(19)11-9-17/h4-11,13-14,20H,12H2,1-3H3/t14-/m1/s1. The third-order valence-electron chi connectivity index (χ3n) is 3.63. The van der Waals surface area contributed by atoms with Crippen molar-refractivity contribution in [3.05, 3.63) is 71.0 Å². The van der Waals surface area contributed by atoms with Crippen LogP contribution in [0.1, 0.15) is 49.4 Å². The molecule has 2 aromatic carbocycles. The van der Waals surface area contributed by atoms with Gasteiger partial charge in [0.1, 0.15) is 5.82 Å². The van der Waals surface area contributed by atoms with Gasteiger partial charge in [-0.25, -0.2) is 4.39 Å². The molecule has 0 fully saturated rings. The van der Waals surface area contributed by atoms with E-state index in [2.05, 4.69) is 50.4 Å². The Kier molecular flexibility index (Phi) is 4.91. The van der Waals surface area contributed by atoms with Crippen LogP contribution in [0.15, 0.2) is 48.5 Å². The van der Waals surface area contributed by atoms with Gasteiger partial charge in [0, 0.05) is 12.6 Å². The minimum Gasteiger partial charge on any atom is -0.306 e. The molecule has 0 spiro atoms. The quantitative estimate of drug-likeness (QED) is 0.823. The SMILES string of the molecule is CC(C)c1ccc(CN[C@H](C)c2ccc(F)cc2)cc1. The molecule has 106 valence electrons. The molecule has 1 N–H and O–H groups in total. The molecule has 0 aromatic heterocycles. The fraction of sp³-hybridized carbons (Fsp3) is 0.333. The van der Waals surface area contributed by atoms with Crippen LogP contribution in [0.25, 0.3) is 0 Å². The molecule has 2 rings (SSSR count). The number of benzene rings is 2. The molecule has 1 nitrogen and oxygen atoms in total. The van der Waals surface area contributed by atoms with Crippen LogP contribution in [0, 0.1) is 5.82 Å². The maximum absolute atomic E-state index is 12.9. The van der Waals surface area contributed by atoms with Gasteiger partial charge in [-0.1, -0.05) is 50.2 Å². The summed E-state index contributed by atoms with van der Waals surface area (Å²) in [6.07, 6.45) is 0.